The molecule has 3 nitrogen and oxygen atoms in total. The van der Waals surface area contributed by atoms with Crippen LogP contribution in [0.5, 0.6) is 0 Å². The van der Waals surface area contributed by atoms with E-state index in [0.29, 0.717) is 5.39 Å². The van der Waals surface area contributed by atoms with E-state index in [0.717, 1.165) is 17.5 Å². The first-order chi connectivity index (χ1) is 11.7. The molecule has 0 aliphatic carbocycles. The topological polar surface area (TPSA) is 46.2 Å². The predicted octanol–water partition coefficient (Wildman–Crippen LogP) is 5.42. The Balaban J connectivity index is 2.05. The third kappa shape index (κ3) is 3.64. The van der Waals surface area contributed by atoms with Crippen molar-refractivity contribution in [1.29, 1.82) is 0 Å². The molecule has 25 heavy (non-hydrogen) atoms. The maximum absolute atomic E-state index is 13.0. The number of nitrogens with one attached hydrogen (secondary N) is 1. The van der Waals surface area contributed by atoms with Crippen molar-refractivity contribution in [2.24, 2.45) is 0 Å². The highest BCUT2D eigenvalue weighted by Gasteiger charge is 2.33. The van der Waals surface area contributed by atoms with Crippen LogP contribution in [-0.4, -0.2) is 8.42 Å². The van der Waals surface area contributed by atoms with Gasteiger partial charge >= 0.3 is 6.18 Å². The summed E-state index contributed by atoms with van der Waals surface area (Å²) in [5.41, 5.74) is -1.12. The second-order valence-corrected chi connectivity index (χ2v) is 7.78. The van der Waals surface area contributed by atoms with Crippen LogP contribution in [-0.2, 0) is 16.2 Å². The summed E-state index contributed by atoms with van der Waals surface area (Å²) < 4.78 is 66.3. The Morgan fingerprint density at radius 2 is 1.60 bits per heavy atom. The van der Waals surface area contributed by atoms with Crippen LogP contribution in [0, 0.1) is 0 Å². The summed E-state index contributed by atoms with van der Waals surface area (Å²) in [6.45, 7) is 0. The molecule has 3 aromatic rings. The third-order valence-electron chi connectivity index (χ3n) is 3.56. The quantitative estimate of drug-likeness (QED) is 0.603. The van der Waals surface area contributed by atoms with E-state index in [1.807, 2.05) is 0 Å². The second kappa shape index (κ2) is 6.34. The molecule has 8 heteroatoms. The minimum absolute atomic E-state index is 0.00192. The number of benzene rings is 3. The Hall–Kier alpha value is -2.06. The zero-order valence-corrected chi connectivity index (χ0v) is 14.9. The van der Waals surface area contributed by atoms with Gasteiger partial charge in [0.2, 0.25) is 0 Å². The molecule has 0 saturated carbocycles. The Morgan fingerprint density at radius 3 is 2.32 bits per heavy atom. The van der Waals surface area contributed by atoms with Gasteiger partial charge in [0.25, 0.3) is 10.0 Å². The molecule has 3 aromatic carbocycles. The average molecular weight is 430 g/mol. The summed E-state index contributed by atoms with van der Waals surface area (Å²) in [5.74, 6) is 0. The molecule has 0 bridgehead atoms. The second-order valence-electron chi connectivity index (χ2n) is 5.28. The van der Waals surface area contributed by atoms with Gasteiger partial charge in [0.15, 0.2) is 0 Å². The van der Waals surface area contributed by atoms with Crippen LogP contribution >= 0.6 is 15.9 Å². The fourth-order valence-corrected chi connectivity index (χ4v) is 4.20. The molecule has 0 amide bonds. The molecule has 0 fully saturated rings. The zero-order valence-electron chi connectivity index (χ0n) is 12.5. The molecule has 0 heterocycles. The number of anilines is 1. The van der Waals surface area contributed by atoms with E-state index in [-0.39, 0.29) is 15.1 Å². The summed E-state index contributed by atoms with van der Waals surface area (Å²) in [5, 5.41) is 1.21. The first kappa shape index (κ1) is 17.8. The number of hydrogen-bond donors (Lipinski definition) is 1. The Labute approximate surface area is 150 Å². The van der Waals surface area contributed by atoms with Crippen molar-refractivity contribution >= 4 is 42.4 Å². The van der Waals surface area contributed by atoms with Crippen LogP contribution in [0.3, 0.4) is 0 Å². The molecule has 0 atom stereocenters. The zero-order chi connectivity index (χ0) is 18.2. The van der Waals surface area contributed by atoms with Crippen molar-refractivity contribution < 1.29 is 21.6 Å². The molecule has 3 rings (SSSR count). The van der Waals surface area contributed by atoms with Crippen molar-refractivity contribution in [3.63, 3.8) is 0 Å². The average Bonchev–Trinajstić information content (AvgIpc) is 2.55. The molecule has 0 aromatic heterocycles. The highest BCUT2D eigenvalue weighted by atomic mass is 79.9. The summed E-state index contributed by atoms with van der Waals surface area (Å²) in [7, 11) is -4.05. The standard InChI is InChI=1S/C17H11BrF3NO2S/c18-15-9-8-12(10-14(15)17(19,20)21)22-25(23,24)16-7-3-5-11-4-1-2-6-13(11)16/h1-10,22H. The smallest absolute Gasteiger partial charge is 0.280 e. The van der Waals surface area contributed by atoms with Crippen molar-refractivity contribution in [2.45, 2.75) is 11.1 Å². The summed E-state index contributed by atoms with van der Waals surface area (Å²) in [6.07, 6.45) is -4.60. The number of halogens is 4. The van der Waals surface area contributed by atoms with E-state index >= 15 is 0 Å². The number of hydrogen-bond acceptors (Lipinski definition) is 2. The molecule has 0 radical (unpaired) electrons. The predicted molar refractivity (Wildman–Crippen MR) is 93.9 cm³/mol. The van der Waals surface area contributed by atoms with Gasteiger partial charge in [-0.15, -0.1) is 0 Å². The summed E-state index contributed by atoms with van der Waals surface area (Å²) in [6, 6.07) is 14.8. The van der Waals surface area contributed by atoms with Gasteiger partial charge in [-0.2, -0.15) is 13.2 Å². The lowest BCUT2D eigenvalue weighted by Gasteiger charge is -2.14. The summed E-state index contributed by atoms with van der Waals surface area (Å²) in [4.78, 5) is 0.00192. The molecule has 0 unspecified atom stereocenters. The van der Waals surface area contributed by atoms with E-state index in [9.17, 15) is 21.6 Å². The largest absolute Gasteiger partial charge is 0.417 e. The number of alkyl halides is 3. The van der Waals surface area contributed by atoms with E-state index in [1.165, 1.54) is 12.1 Å². The third-order valence-corrected chi connectivity index (χ3v) is 5.69. The van der Waals surface area contributed by atoms with E-state index < -0.39 is 21.8 Å². The molecule has 130 valence electrons. The highest BCUT2D eigenvalue weighted by Crippen LogP contribution is 2.37. The SMILES string of the molecule is O=S(=O)(Nc1ccc(Br)c(C(F)(F)F)c1)c1cccc2ccccc12. The number of rotatable bonds is 3. The first-order valence-corrected chi connectivity index (χ1v) is 9.33. The van der Waals surface area contributed by atoms with Crippen LogP contribution in [0.15, 0.2) is 70.0 Å². The molecular weight excluding hydrogens is 419 g/mol. The minimum atomic E-state index is -4.60. The molecule has 0 aliphatic rings. The number of sulfonamides is 1. The van der Waals surface area contributed by atoms with E-state index in [4.69, 9.17) is 0 Å². The van der Waals surface area contributed by atoms with Crippen LogP contribution in [0.25, 0.3) is 10.8 Å². The van der Waals surface area contributed by atoms with Gasteiger partial charge in [-0.25, -0.2) is 8.42 Å². The fraction of sp³-hybridized carbons (Fsp3) is 0.0588. The van der Waals surface area contributed by atoms with E-state index in [2.05, 4.69) is 20.7 Å². The molecule has 0 aliphatic heterocycles. The van der Waals surface area contributed by atoms with Gasteiger partial charge in [-0.05, 0) is 29.7 Å². The number of fused-ring (bicyclic) bond motifs is 1. The van der Waals surface area contributed by atoms with Crippen molar-refractivity contribution in [3.05, 3.63) is 70.7 Å². The molecule has 0 saturated heterocycles. The van der Waals surface area contributed by atoms with Gasteiger partial charge < -0.3 is 0 Å². The van der Waals surface area contributed by atoms with E-state index in [1.54, 1.807) is 36.4 Å². The van der Waals surface area contributed by atoms with Crippen LogP contribution in [0.2, 0.25) is 0 Å². The maximum Gasteiger partial charge on any atom is 0.417 e. The van der Waals surface area contributed by atoms with Gasteiger partial charge in [-0.1, -0.05) is 52.3 Å². The monoisotopic (exact) mass is 429 g/mol. The van der Waals surface area contributed by atoms with Crippen molar-refractivity contribution in [1.82, 2.24) is 0 Å². The van der Waals surface area contributed by atoms with Gasteiger partial charge in [0, 0.05) is 15.5 Å². The fourth-order valence-electron chi connectivity index (χ4n) is 2.45. The minimum Gasteiger partial charge on any atom is -0.280 e. The van der Waals surface area contributed by atoms with Crippen molar-refractivity contribution in [3.8, 4) is 0 Å². The maximum atomic E-state index is 13.0. The van der Waals surface area contributed by atoms with Gasteiger partial charge in [0.1, 0.15) is 0 Å². The molecule has 0 spiro atoms. The normalized spacial score (nSPS) is 12.3. The highest BCUT2D eigenvalue weighted by molar-refractivity contribution is 9.10. The van der Waals surface area contributed by atoms with Crippen LogP contribution in [0.1, 0.15) is 5.56 Å². The van der Waals surface area contributed by atoms with Crippen LogP contribution < -0.4 is 4.72 Å². The Kier molecular flexibility index (Phi) is 4.51. The lowest BCUT2D eigenvalue weighted by Crippen LogP contribution is -2.14. The lowest BCUT2D eigenvalue weighted by atomic mass is 10.1. The van der Waals surface area contributed by atoms with Gasteiger partial charge in [-0.3, -0.25) is 4.72 Å². The molecular formula is C17H11BrF3NO2S. The first-order valence-electron chi connectivity index (χ1n) is 7.06. The Morgan fingerprint density at radius 1 is 0.920 bits per heavy atom. The Bertz CT molecular complexity index is 1040. The molecule has 1 N–H and O–H groups in total. The lowest BCUT2D eigenvalue weighted by molar-refractivity contribution is -0.138. The summed E-state index contributed by atoms with van der Waals surface area (Å²) >= 11 is 2.83. The van der Waals surface area contributed by atoms with Gasteiger partial charge in [0.05, 0.1) is 10.5 Å². The van der Waals surface area contributed by atoms with Crippen molar-refractivity contribution in [2.75, 3.05) is 4.72 Å². The van der Waals surface area contributed by atoms with Crippen LogP contribution in [0.4, 0.5) is 18.9 Å².